The standard InChI is InChI=1S/C18H19ClN2O3S/c1-11-4-8-15(20-18(22)13-5-6-13)10-16(11)21-25(23,24)17-9-14(19)7-3-12(17)2/h3-4,7-10,13,21H,5-6H2,1-2H3,(H,20,22). The van der Waals surface area contributed by atoms with Crippen molar-refractivity contribution in [2.75, 3.05) is 10.0 Å². The van der Waals surface area contributed by atoms with E-state index in [0.29, 0.717) is 22.0 Å². The van der Waals surface area contributed by atoms with Gasteiger partial charge >= 0.3 is 0 Å². The second-order valence-corrected chi connectivity index (χ2v) is 8.40. The quantitative estimate of drug-likeness (QED) is 0.822. The Balaban J connectivity index is 1.88. The van der Waals surface area contributed by atoms with Gasteiger partial charge in [-0.1, -0.05) is 23.7 Å². The van der Waals surface area contributed by atoms with Crippen LogP contribution in [-0.4, -0.2) is 14.3 Å². The maximum Gasteiger partial charge on any atom is 0.262 e. The van der Waals surface area contributed by atoms with Crippen molar-refractivity contribution in [3.63, 3.8) is 0 Å². The lowest BCUT2D eigenvalue weighted by molar-refractivity contribution is -0.117. The highest BCUT2D eigenvalue weighted by Gasteiger charge is 2.29. The van der Waals surface area contributed by atoms with E-state index in [4.69, 9.17) is 11.6 Å². The Hall–Kier alpha value is -2.05. The van der Waals surface area contributed by atoms with Crippen molar-refractivity contribution in [2.24, 2.45) is 5.92 Å². The first-order valence-electron chi connectivity index (χ1n) is 7.97. The van der Waals surface area contributed by atoms with Crippen LogP contribution in [0.1, 0.15) is 24.0 Å². The second kappa shape index (κ2) is 6.69. The summed E-state index contributed by atoms with van der Waals surface area (Å²) >= 11 is 5.94. The minimum atomic E-state index is -3.79. The molecule has 132 valence electrons. The van der Waals surface area contributed by atoms with Crippen molar-refractivity contribution in [2.45, 2.75) is 31.6 Å². The van der Waals surface area contributed by atoms with Gasteiger partial charge < -0.3 is 5.32 Å². The zero-order valence-electron chi connectivity index (χ0n) is 14.0. The van der Waals surface area contributed by atoms with Crippen molar-refractivity contribution >= 4 is 38.9 Å². The summed E-state index contributed by atoms with van der Waals surface area (Å²) in [7, 11) is -3.79. The number of halogens is 1. The van der Waals surface area contributed by atoms with Gasteiger partial charge in [-0.15, -0.1) is 0 Å². The fraction of sp³-hybridized carbons (Fsp3) is 0.278. The van der Waals surface area contributed by atoms with E-state index in [1.54, 1.807) is 44.2 Å². The molecule has 25 heavy (non-hydrogen) atoms. The van der Waals surface area contributed by atoms with Crippen LogP contribution in [0.5, 0.6) is 0 Å². The number of sulfonamides is 1. The van der Waals surface area contributed by atoms with Gasteiger partial charge in [-0.2, -0.15) is 0 Å². The summed E-state index contributed by atoms with van der Waals surface area (Å²) in [5, 5.41) is 3.18. The third kappa shape index (κ3) is 4.14. The van der Waals surface area contributed by atoms with Gasteiger partial charge in [0.05, 0.1) is 10.6 Å². The average molecular weight is 379 g/mol. The number of aryl methyl sites for hydroxylation is 2. The number of anilines is 2. The van der Waals surface area contributed by atoms with Crippen molar-refractivity contribution in [3.8, 4) is 0 Å². The fourth-order valence-electron chi connectivity index (χ4n) is 2.46. The third-order valence-electron chi connectivity index (χ3n) is 4.14. The Kier molecular flexibility index (Phi) is 4.75. The summed E-state index contributed by atoms with van der Waals surface area (Å²) in [6.45, 7) is 3.51. The van der Waals surface area contributed by atoms with Crippen LogP contribution in [0.25, 0.3) is 0 Å². The first-order valence-corrected chi connectivity index (χ1v) is 9.83. The summed E-state index contributed by atoms with van der Waals surface area (Å²) < 4.78 is 28.0. The van der Waals surface area contributed by atoms with Crippen LogP contribution in [0.15, 0.2) is 41.3 Å². The molecular weight excluding hydrogens is 360 g/mol. The van der Waals surface area contributed by atoms with Gasteiger partial charge in [0.25, 0.3) is 10.0 Å². The lowest BCUT2D eigenvalue weighted by Gasteiger charge is -2.14. The summed E-state index contributed by atoms with van der Waals surface area (Å²) in [5.41, 5.74) is 2.36. The predicted molar refractivity (Wildman–Crippen MR) is 99.5 cm³/mol. The summed E-state index contributed by atoms with van der Waals surface area (Å²) in [5.74, 6) is 0.0545. The topological polar surface area (TPSA) is 75.3 Å². The minimum absolute atomic E-state index is 0.0247. The Morgan fingerprint density at radius 2 is 1.76 bits per heavy atom. The molecule has 1 aliphatic rings. The molecule has 0 unspecified atom stereocenters. The molecule has 0 saturated heterocycles. The maximum atomic E-state index is 12.7. The molecule has 5 nitrogen and oxygen atoms in total. The van der Waals surface area contributed by atoms with Gasteiger partial charge in [-0.05, 0) is 62.1 Å². The van der Waals surface area contributed by atoms with Gasteiger partial charge in [-0.3, -0.25) is 9.52 Å². The van der Waals surface area contributed by atoms with Gasteiger partial charge in [0.15, 0.2) is 0 Å². The Morgan fingerprint density at radius 1 is 1.08 bits per heavy atom. The van der Waals surface area contributed by atoms with E-state index in [0.717, 1.165) is 18.4 Å². The van der Waals surface area contributed by atoms with Gasteiger partial charge in [-0.25, -0.2) is 8.42 Å². The first kappa shape index (κ1) is 17.8. The number of amides is 1. The molecule has 7 heteroatoms. The summed E-state index contributed by atoms with van der Waals surface area (Å²) in [6.07, 6.45) is 1.82. The first-order chi connectivity index (χ1) is 11.8. The smallest absolute Gasteiger partial charge is 0.262 e. The molecule has 1 saturated carbocycles. The number of nitrogens with one attached hydrogen (secondary N) is 2. The van der Waals surface area contributed by atoms with Crippen LogP contribution < -0.4 is 10.0 Å². The molecule has 2 aromatic rings. The molecule has 0 bridgehead atoms. The lowest BCUT2D eigenvalue weighted by Crippen LogP contribution is -2.16. The summed E-state index contributed by atoms with van der Waals surface area (Å²) in [6, 6.07) is 9.90. The van der Waals surface area contributed by atoms with Crippen molar-refractivity contribution in [3.05, 3.63) is 52.5 Å². The molecule has 1 aliphatic carbocycles. The molecular formula is C18H19ClN2O3S. The molecule has 0 spiro atoms. The van der Waals surface area contributed by atoms with Crippen molar-refractivity contribution < 1.29 is 13.2 Å². The SMILES string of the molecule is Cc1ccc(NC(=O)C2CC2)cc1NS(=O)(=O)c1cc(Cl)ccc1C. The number of hydrogen-bond donors (Lipinski definition) is 2. The van der Waals surface area contributed by atoms with Gasteiger partial charge in [0, 0.05) is 16.6 Å². The van der Waals surface area contributed by atoms with E-state index < -0.39 is 10.0 Å². The van der Waals surface area contributed by atoms with Crippen LogP contribution >= 0.6 is 11.6 Å². The van der Waals surface area contributed by atoms with Crippen LogP contribution in [-0.2, 0) is 14.8 Å². The van der Waals surface area contributed by atoms with E-state index in [-0.39, 0.29) is 16.7 Å². The molecule has 2 N–H and O–H groups in total. The lowest BCUT2D eigenvalue weighted by atomic mass is 10.2. The molecule has 0 aliphatic heterocycles. The molecule has 1 fully saturated rings. The number of carbonyl (C=O) groups is 1. The van der Waals surface area contributed by atoms with E-state index in [9.17, 15) is 13.2 Å². The molecule has 2 aromatic carbocycles. The number of carbonyl (C=O) groups excluding carboxylic acids is 1. The largest absolute Gasteiger partial charge is 0.326 e. The number of benzene rings is 2. The van der Waals surface area contributed by atoms with Crippen molar-refractivity contribution in [1.82, 2.24) is 0 Å². The minimum Gasteiger partial charge on any atom is -0.326 e. The normalized spacial score (nSPS) is 14.2. The number of hydrogen-bond acceptors (Lipinski definition) is 3. The molecule has 3 rings (SSSR count). The van der Waals surface area contributed by atoms with E-state index in [1.807, 2.05) is 0 Å². The van der Waals surface area contributed by atoms with E-state index in [1.165, 1.54) is 6.07 Å². The average Bonchev–Trinajstić information content (AvgIpc) is 3.37. The highest BCUT2D eigenvalue weighted by molar-refractivity contribution is 7.92. The van der Waals surface area contributed by atoms with Gasteiger partial charge in [0.1, 0.15) is 0 Å². The maximum absolute atomic E-state index is 12.7. The van der Waals surface area contributed by atoms with Gasteiger partial charge in [0.2, 0.25) is 5.91 Å². The number of rotatable bonds is 5. The Bertz CT molecular complexity index is 937. The van der Waals surface area contributed by atoms with E-state index in [2.05, 4.69) is 10.0 Å². The highest BCUT2D eigenvalue weighted by atomic mass is 35.5. The predicted octanol–water partition coefficient (Wildman–Crippen LogP) is 4.11. The zero-order valence-corrected chi connectivity index (χ0v) is 15.5. The van der Waals surface area contributed by atoms with E-state index >= 15 is 0 Å². The van der Waals surface area contributed by atoms with Crippen LogP contribution in [0.2, 0.25) is 5.02 Å². The van der Waals surface area contributed by atoms with Crippen molar-refractivity contribution in [1.29, 1.82) is 0 Å². The highest BCUT2D eigenvalue weighted by Crippen LogP contribution is 2.31. The third-order valence-corrected chi connectivity index (χ3v) is 5.88. The van der Waals surface area contributed by atoms with Crippen LogP contribution in [0.3, 0.4) is 0 Å². The molecule has 0 heterocycles. The zero-order chi connectivity index (χ0) is 18.2. The molecule has 0 aromatic heterocycles. The monoisotopic (exact) mass is 378 g/mol. The molecule has 0 atom stereocenters. The fourth-order valence-corrected chi connectivity index (χ4v) is 4.09. The molecule has 1 amide bonds. The molecule has 0 radical (unpaired) electrons. The Labute approximate surface area is 152 Å². The summed E-state index contributed by atoms with van der Waals surface area (Å²) in [4.78, 5) is 12.0. The van der Waals surface area contributed by atoms with Crippen LogP contribution in [0, 0.1) is 19.8 Å². The Morgan fingerprint density at radius 3 is 2.44 bits per heavy atom. The van der Waals surface area contributed by atoms with Crippen LogP contribution in [0.4, 0.5) is 11.4 Å². The second-order valence-electron chi connectivity index (χ2n) is 6.31.